The van der Waals surface area contributed by atoms with E-state index in [2.05, 4.69) is 59.9 Å². The number of hydrogen-bond donors (Lipinski definition) is 1. The van der Waals surface area contributed by atoms with Crippen LogP contribution in [0.1, 0.15) is 41.0 Å². The highest BCUT2D eigenvalue weighted by atomic mass is 16.7. The van der Waals surface area contributed by atoms with Gasteiger partial charge in [0.15, 0.2) is 0 Å². The molecule has 0 fully saturated rings. The molecule has 0 spiro atoms. The normalized spacial score (nSPS) is 15.1. The van der Waals surface area contributed by atoms with Gasteiger partial charge in [0.25, 0.3) is 5.91 Å². The van der Waals surface area contributed by atoms with Crippen LogP contribution in [0.3, 0.4) is 0 Å². The molecule has 0 aliphatic carbocycles. The van der Waals surface area contributed by atoms with E-state index in [4.69, 9.17) is 9.47 Å². The lowest BCUT2D eigenvalue weighted by Crippen LogP contribution is -2.56. The van der Waals surface area contributed by atoms with E-state index in [0.29, 0.717) is 19.0 Å². The van der Waals surface area contributed by atoms with E-state index in [0.717, 1.165) is 24.8 Å². The summed E-state index contributed by atoms with van der Waals surface area (Å²) in [6.07, 6.45) is 2.71. The van der Waals surface area contributed by atoms with Gasteiger partial charge in [0.2, 0.25) is 5.91 Å². The molecule has 0 saturated carbocycles. The number of benzene rings is 3. The summed E-state index contributed by atoms with van der Waals surface area (Å²) < 4.78 is 11.7. The molecule has 4 rings (SSSR count). The number of carbonyl (C=O) groups excluding carboxylic acids is 1. The fourth-order valence-corrected chi connectivity index (χ4v) is 5.02. The Morgan fingerprint density at radius 2 is 1.50 bits per heavy atom. The summed E-state index contributed by atoms with van der Waals surface area (Å²) in [5.41, 5.74) is 4.76. The average molecular weight is 459 g/mol. The van der Waals surface area contributed by atoms with Crippen LogP contribution >= 0.6 is 0 Å². The van der Waals surface area contributed by atoms with Gasteiger partial charge in [0.05, 0.1) is 6.54 Å². The zero-order valence-corrected chi connectivity index (χ0v) is 20.1. The number of hydrogen-bond acceptors (Lipinski definition) is 4. The Morgan fingerprint density at radius 1 is 0.912 bits per heavy atom. The molecule has 0 aromatic heterocycles. The summed E-state index contributed by atoms with van der Waals surface area (Å²) in [6.45, 7) is 1.54. The summed E-state index contributed by atoms with van der Waals surface area (Å²) in [4.78, 5) is 14.8. The van der Waals surface area contributed by atoms with Crippen molar-refractivity contribution in [3.63, 3.8) is 0 Å². The van der Waals surface area contributed by atoms with E-state index >= 15 is 0 Å². The Kier molecular flexibility index (Phi) is 8.12. The largest absolute Gasteiger partial charge is 0.355 e. The molecule has 1 heterocycles. The molecule has 0 radical (unpaired) electrons. The Bertz CT molecular complexity index is 1010. The van der Waals surface area contributed by atoms with E-state index in [9.17, 15) is 4.79 Å². The summed E-state index contributed by atoms with van der Waals surface area (Å²) in [6, 6.07) is 29.3. The van der Waals surface area contributed by atoms with Crippen LogP contribution in [-0.4, -0.2) is 44.7 Å². The van der Waals surface area contributed by atoms with E-state index in [-0.39, 0.29) is 12.5 Å². The highest BCUT2D eigenvalue weighted by Gasteiger charge is 2.44. The molecule has 0 saturated heterocycles. The molecular weight excluding hydrogens is 424 g/mol. The van der Waals surface area contributed by atoms with Gasteiger partial charge in [0, 0.05) is 38.8 Å². The first-order chi connectivity index (χ1) is 16.7. The molecule has 5 nitrogen and oxygen atoms in total. The molecule has 0 bridgehead atoms. The molecule has 0 unspecified atom stereocenters. The second-order valence-corrected chi connectivity index (χ2v) is 8.68. The number of ether oxygens (including phenoxy) is 2. The molecule has 3 aromatic carbocycles. The first kappa shape index (κ1) is 24.1. The van der Waals surface area contributed by atoms with Gasteiger partial charge in [-0.15, -0.1) is 0 Å². The van der Waals surface area contributed by atoms with E-state index in [1.165, 1.54) is 16.7 Å². The molecular formula is C29H34N2O3. The van der Waals surface area contributed by atoms with Gasteiger partial charge < -0.3 is 14.8 Å². The van der Waals surface area contributed by atoms with Crippen molar-refractivity contribution >= 4 is 5.91 Å². The van der Waals surface area contributed by atoms with Crippen LogP contribution in [-0.2, 0) is 26.6 Å². The summed E-state index contributed by atoms with van der Waals surface area (Å²) in [5, 5.41) is 3.11. The van der Waals surface area contributed by atoms with Crippen molar-refractivity contribution < 1.29 is 14.3 Å². The maximum atomic E-state index is 12.9. The standard InChI is InChI=1S/C29H34N2O3/c1-33-29(34-2)27-18-10-9-16-25(27)19-21-31(29)22-28(32)30-20-11-17-26(23-12-5-3-6-13-23)24-14-7-4-8-15-24/h3-10,12-16,18,26H,11,17,19-22H2,1-2H3,(H,30,32). The fraction of sp³-hybridized carbons (Fsp3) is 0.345. The number of amides is 1. The second-order valence-electron chi connectivity index (χ2n) is 8.68. The number of nitrogens with zero attached hydrogens (tertiary/aromatic N) is 1. The van der Waals surface area contributed by atoms with Gasteiger partial charge in [-0.3, -0.25) is 4.79 Å². The topological polar surface area (TPSA) is 50.8 Å². The van der Waals surface area contributed by atoms with Crippen LogP contribution < -0.4 is 5.32 Å². The maximum absolute atomic E-state index is 12.9. The molecule has 1 aliphatic rings. The predicted octanol–water partition coefficient (Wildman–Crippen LogP) is 4.68. The molecule has 178 valence electrons. The van der Waals surface area contributed by atoms with Gasteiger partial charge in [-0.05, 0) is 36.0 Å². The van der Waals surface area contributed by atoms with E-state index < -0.39 is 5.91 Å². The first-order valence-corrected chi connectivity index (χ1v) is 12.0. The molecule has 0 atom stereocenters. The highest BCUT2D eigenvalue weighted by molar-refractivity contribution is 5.78. The molecule has 1 amide bonds. The lowest BCUT2D eigenvalue weighted by molar-refractivity contribution is -0.309. The molecule has 34 heavy (non-hydrogen) atoms. The molecule has 5 heteroatoms. The van der Waals surface area contributed by atoms with Gasteiger partial charge in [-0.25, -0.2) is 4.90 Å². The average Bonchev–Trinajstić information content (AvgIpc) is 2.90. The van der Waals surface area contributed by atoms with E-state index in [1.807, 2.05) is 35.2 Å². The lowest BCUT2D eigenvalue weighted by Gasteiger charge is -2.45. The van der Waals surface area contributed by atoms with Crippen LogP contribution in [0.15, 0.2) is 84.9 Å². The minimum atomic E-state index is -1.04. The van der Waals surface area contributed by atoms with Crippen LogP contribution in [0.2, 0.25) is 0 Å². The Balaban J connectivity index is 1.35. The van der Waals surface area contributed by atoms with Crippen LogP contribution in [0.5, 0.6) is 0 Å². The van der Waals surface area contributed by atoms with Crippen LogP contribution in [0.25, 0.3) is 0 Å². The first-order valence-electron chi connectivity index (χ1n) is 12.0. The van der Waals surface area contributed by atoms with Crippen LogP contribution in [0, 0.1) is 0 Å². The molecule has 1 N–H and O–H groups in total. The number of methoxy groups -OCH3 is 2. The maximum Gasteiger partial charge on any atom is 0.258 e. The Hall–Kier alpha value is -2.99. The predicted molar refractivity (Wildman–Crippen MR) is 134 cm³/mol. The minimum absolute atomic E-state index is 0.0196. The van der Waals surface area contributed by atoms with Crippen molar-refractivity contribution in [3.05, 3.63) is 107 Å². The fourth-order valence-electron chi connectivity index (χ4n) is 5.02. The zero-order chi connectivity index (χ0) is 23.8. The van der Waals surface area contributed by atoms with Gasteiger partial charge in [-0.2, -0.15) is 0 Å². The van der Waals surface area contributed by atoms with E-state index in [1.54, 1.807) is 14.2 Å². The van der Waals surface area contributed by atoms with Crippen molar-refractivity contribution in [2.75, 3.05) is 33.9 Å². The van der Waals surface area contributed by atoms with Gasteiger partial charge >= 0.3 is 0 Å². The van der Waals surface area contributed by atoms with Crippen molar-refractivity contribution in [1.29, 1.82) is 0 Å². The molecule has 1 aliphatic heterocycles. The minimum Gasteiger partial charge on any atom is -0.355 e. The number of fused-ring (bicyclic) bond motifs is 1. The number of rotatable bonds is 10. The Labute approximate surface area is 202 Å². The summed E-state index contributed by atoms with van der Waals surface area (Å²) in [5.74, 6) is -0.751. The summed E-state index contributed by atoms with van der Waals surface area (Å²) in [7, 11) is 3.26. The summed E-state index contributed by atoms with van der Waals surface area (Å²) >= 11 is 0. The van der Waals surface area contributed by atoms with Gasteiger partial charge in [0.1, 0.15) is 0 Å². The quantitative estimate of drug-likeness (QED) is 0.354. The van der Waals surface area contributed by atoms with Crippen molar-refractivity contribution in [1.82, 2.24) is 10.2 Å². The molecule has 3 aromatic rings. The van der Waals surface area contributed by atoms with Crippen molar-refractivity contribution in [3.8, 4) is 0 Å². The number of nitrogens with one attached hydrogen (secondary N) is 1. The van der Waals surface area contributed by atoms with Crippen LogP contribution in [0.4, 0.5) is 0 Å². The second kappa shape index (κ2) is 11.4. The SMILES string of the molecule is COC1(OC)c2ccccc2CCN1CC(=O)NCCCC(c1ccccc1)c1ccccc1. The monoisotopic (exact) mass is 458 g/mol. The smallest absolute Gasteiger partial charge is 0.258 e. The van der Waals surface area contributed by atoms with Crippen molar-refractivity contribution in [2.45, 2.75) is 31.1 Å². The third kappa shape index (κ3) is 5.22. The third-order valence-electron chi connectivity index (χ3n) is 6.71. The van der Waals surface area contributed by atoms with Crippen molar-refractivity contribution in [2.24, 2.45) is 0 Å². The Morgan fingerprint density at radius 3 is 2.12 bits per heavy atom. The lowest BCUT2D eigenvalue weighted by atomic mass is 9.87. The van der Waals surface area contributed by atoms with Gasteiger partial charge in [-0.1, -0.05) is 84.9 Å². The third-order valence-corrected chi connectivity index (χ3v) is 6.71. The zero-order valence-electron chi connectivity index (χ0n) is 20.1. The number of carbonyl (C=O) groups is 1. The highest BCUT2D eigenvalue weighted by Crippen LogP contribution is 2.36.